The predicted octanol–water partition coefficient (Wildman–Crippen LogP) is 8.80. The van der Waals surface area contributed by atoms with Gasteiger partial charge in [-0.05, 0) is 27.8 Å². The average molecular weight is 887 g/mol. The number of hydrogen-bond donors (Lipinski definition) is 0. The maximum absolute atomic E-state index is 7.00. The molecule has 2 aliphatic heterocycles. The smallest absolute Gasteiger partial charge is 0.187 e. The average Bonchev–Trinajstić information content (AvgIpc) is 3.36. The zero-order valence-electron chi connectivity index (χ0n) is 37.1. The van der Waals surface area contributed by atoms with Crippen molar-refractivity contribution in [2.75, 3.05) is 33.5 Å². The summed E-state index contributed by atoms with van der Waals surface area (Å²) >= 11 is 0. The van der Waals surface area contributed by atoms with Crippen molar-refractivity contribution in [2.24, 2.45) is 0 Å². The summed E-state index contributed by atoms with van der Waals surface area (Å²) in [5.74, 6) is 0. The van der Waals surface area contributed by atoms with E-state index < -0.39 is 61.4 Å². The van der Waals surface area contributed by atoms with Crippen LogP contribution in [0.1, 0.15) is 27.8 Å². The van der Waals surface area contributed by atoms with E-state index in [0.29, 0.717) is 13.2 Å². The Labute approximate surface area is 383 Å². The van der Waals surface area contributed by atoms with Crippen molar-refractivity contribution in [3.63, 3.8) is 0 Å². The Hall–Kier alpha value is -4.86. The van der Waals surface area contributed by atoms with E-state index in [1.165, 1.54) is 0 Å². The fraction of sp³-hybridized carbons (Fsp3) is 0.370. The number of hydrogen-bond acceptors (Lipinski definition) is 11. The van der Waals surface area contributed by atoms with Crippen molar-refractivity contribution in [2.45, 2.75) is 94.4 Å². The molecule has 0 aliphatic carbocycles. The lowest BCUT2D eigenvalue weighted by Gasteiger charge is -2.47. The molecular formula is C54H62O11. The van der Waals surface area contributed by atoms with Gasteiger partial charge in [-0.25, -0.2) is 0 Å². The van der Waals surface area contributed by atoms with Crippen LogP contribution in [0.3, 0.4) is 0 Å². The standard InChI is InChI=1S/C54H62O11/c1-4-31-57-49-48(60-35-42-25-15-8-16-26-42)46(64-53(55-3)51(49)58-32-5-2)39-63-54-52(62-37-44-29-19-10-20-30-44)50(61-36-43-27-17-9-18-28-43)47(59-34-41-23-13-7-14-24-41)45(65-54)38-56-33-40-21-11-6-12-22-40/h4-30,45-54H,1-2,31-39H2,3H3/t45-,46-,47-,48-,49+,50+,51-,52-,53+,54+/m1/s1. The largest absolute Gasteiger partial charge is 0.374 e. The minimum absolute atomic E-state index is 0.00412. The molecule has 10 atom stereocenters. The molecule has 0 amide bonds. The van der Waals surface area contributed by atoms with E-state index in [0.717, 1.165) is 27.8 Å². The lowest BCUT2D eigenvalue weighted by atomic mass is 9.97. The van der Waals surface area contributed by atoms with Gasteiger partial charge in [0.05, 0.1) is 59.5 Å². The molecule has 5 aromatic rings. The van der Waals surface area contributed by atoms with E-state index in [1.54, 1.807) is 19.3 Å². The van der Waals surface area contributed by atoms with Crippen LogP contribution in [0.2, 0.25) is 0 Å². The quantitative estimate of drug-likeness (QED) is 0.0499. The van der Waals surface area contributed by atoms with Crippen LogP contribution in [0.25, 0.3) is 0 Å². The van der Waals surface area contributed by atoms with Gasteiger partial charge in [0.15, 0.2) is 12.6 Å². The number of benzene rings is 5. The molecule has 11 heteroatoms. The maximum Gasteiger partial charge on any atom is 0.187 e. The molecule has 0 radical (unpaired) electrons. The predicted molar refractivity (Wildman–Crippen MR) is 246 cm³/mol. The molecule has 2 fully saturated rings. The topological polar surface area (TPSA) is 102 Å². The second kappa shape index (κ2) is 26.3. The minimum atomic E-state index is -0.983. The molecular weight excluding hydrogens is 825 g/mol. The van der Waals surface area contributed by atoms with E-state index in [9.17, 15) is 0 Å². The fourth-order valence-corrected chi connectivity index (χ4v) is 7.97. The third kappa shape index (κ3) is 14.3. The minimum Gasteiger partial charge on any atom is -0.374 e. The monoisotopic (exact) mass is 886 g/mol. The van der Waals surface area contributed by atoms with Crippen LogP contribution in [0, 0.1) is 0 Å². The molecule has 0 spiro atoms. The molecule has 2 heterocycles. The van der Waals surface area contributed by atoms with Gasteiger partial charge in [0, 0.05) is 7.11 Å². The maximum atomic E-state index is 7.00. The summed E-state index contributed by atoms with van der Waals surface area (Å²) in [4.78, 5) is 0. The summed E-state index contributed by atoms with van der Waals surface area (Å²) < 4.78 is 73.0. The molecule has 2 saturated heterocycles. The Morgan fingerprint density at radius 1 is 0.385 bits per heavy atom. The van der Waals surface area contributed by atoms with Gasteiger partial charge in [0.1, 0.15) is 48.8 Å². The Morgan fingerprint density at radius 2 is 0.723 bits per heavy atom. The summed E-state index contributed by atoms with van der Waals surface area (Å²) in [6, 6.07) is 50.0. The van der Waals surface area contributed by atoms with Crippen LogP contribution in [-0.4, -0.2) is 94.9 Å². The Morgan fingerprint density at radius 3 is 1.15 bits per heavy atom. The molecule has 7 rings (SSSR count). The SMILES string of the molecule is C=CCO[C@@H]1[C@@H](OCC=C)[C@@H](OC)O[C@H](CO[C@H]2O[C@H](COCc3ccccc3)[C@@H](OCc3ccccc3)[C@H](OCc3ccccc3)[C@H]2OCc2ccccc2)[C@H]1OCc1ccccc1. The third-order valence-corrected chi connectivity index (χ3v) is 11.2. The number of ether oxygens (including phenoxy) is 11. The van der Waals surface area contributed by atoms with Crippen molar-refractivity contribution in [1.82, 2.24) is 0 Å². The first-order chi connectivity index (χ1) is 32.1. The van der Waals surface area contributed by atoms with Gasteiger partial charge < -0.3 is 52.1 Å². The molecule has 0 N–H and O–H groups in total. The second-order valence-electron chi connectivity index (χ2n) is 15.9. The lowest BCUT2D eigenvalue weighted by Crippen LogP contribution is -2.64. The van der Waals surface area contributed by atoms with E-state index in [1.807, 2.05) is 152 Å². The highest BCUT2D eigenvalue weighted by Crippen LogP contribution is 2.34. The highest BCUT2D eigenvalue weighted by molar-refractivity contribution is 5.17. The molecule has 2 aliphatic rings. The molecule has 0 unspecified atom stereocenters. The van der Waals surface area contributed by atoms with Crippen molar-refractivity contribution >= 4 is 0 Å². The van der Waals surface area contributed by atoms with Gasteiger partial charge >= 0.3 is 0 Å². The third-order valence-electron chi connectivity index (χ3n) is 11.2. The van der Waals surface area contributed by atoms with Gasteiger partial charge in [-0.1, -0.05) is 164 Å². The highest BCUT2D eigenvalue weighted by atomic mass is 16.7. The van der Waals surface area contributed by atoms with Gasteiger partial charge in [0.2, 0.25) is 0 Å². The van der Waals surface area contributed by atoms with Gasteiger partial charge in [0.25, 0.3) is 0 Å². The first-order valence-electron chi connectivity index (χ1n) is 22.3. The molecule has 11 nitrogen and oxygen atoms in total. The zero-order valence-corrected chi connectivity index (χ0v) is 37.1. The molecule has 0 saturated carbocycles. The Balaban J connectivity index is 1.22. The Bertz CT molecular complexity index is 2060. The molecule has 344 valence electrons. The van der Waals surface area contributed by atoms with Gasteiger partial charge in [-0.15, -0.1) is 13.2 Å². The van der Waals surface area contributed by atoms with Crippen LogP contribution in [0.5, 0.6) is 0 Å². The normalized spacial score (nSPS) is 25.5. The van der Waals surface area contributed by atoms with Crippen molar-refractivity contribution in [3.05, 3.63) is 205 Å². The molecule has 0 bridgehead atoms. The van der Waals surface area contributed by atoms with Crippen molar-refractivity contribution < 1.29 is 52.1 Å². The van der Waals surface area contributed by atoms with Crippen molar-refractivity contribution in [1.29, 1.82) is 0 Å². The van der Waals surface area contributed by atoms with Crippen LogP contribution in [0.4, 0.5) is 0 Å². The van der Waals surface area contributed by atoms with Gasteiger partial charge in [-0.2, -0.15) is 0 Å². The summed E-state index contributed by atoms with van der Waals surface area (Å²) in [6.07, 6.45) is -3.89. The summed E-state index contributed by atoms with van der Waals surface area (Å²) in [6.45, 7) is 9.93. The molecule has 65 heavy (non-hydrogen) atoms. The summed E-state index contributed by atoms with van der Waals surface area (Å²) in [5, 5.41) is 0. The summed E-state index contributed by atoms with van der Waals surface area (Å²) in [7, 11) is 1.57. The van der Waals surface area contributed by atoms with Crippen molar-refractivity contribution in [3.8, 4) is 0 Å². The van der Waals surface area contributed by atoms with E-state index in [4.69, 9.17) is 52.1 Å². The van der Waals surface area contributed by atoms with E-state index in [-0.39, 0.29) is 46.2 Å². The number of methoxy groups -OCH3 is 1. The highest BCUT2D eigenvalue weighted by Gasteiger charge is 2.52. The fourth-order valence-electron chi connectivity index (χ4n) is 7.97. The van der Waals surface area contributed by atoms with Gasteiger partial charge in [-0.3, -0.25) is 0 Å². The number of rotatable bonds is 26. The second-order valence-corrected chi connectivity index (χ2v) is 15.9. The van der Waals surface area contributed by atoms with Crippen LogP contribution in [-0.2, 0) is 85.1 Å². The van der Waals surface area contributed by atoms with Crippen LogP contribution >= 0.6 is 0 Å². The Kier molecular flexibility index (Phi) is 19.5. The van der Waals surface area contributed by atoms with Crippen LogP contribution in [0.15, 0.2) is 177 Å². The molecule has 0 aromatic heterocycles. The van der Waals surface area contributed by atoms with Crippen LogP contribution < -0.4 is 0 Å². The lowest BCUT2D eigenvalue weighted by molar-refractivity contribution is -0.349. The first kappa shape index (κ1) is 48.1. The molecule has 5 aromatic carbocycles. The van der Waals surface area contributed by atoms with E-state index >= 15 is 0 Å². The summed E-state index contributed by atoms with van der Waals surface area (Å²) in [5.41, 5.74) is 4.99. The van der Waals surface area contributed by atoms with E-state index in [2.05, 4.69) is 13.2 Å². The zero-order chi connectivity index (χ0) is 44.9. The first-order valence-corrected chi connectivity index (χ1v) is 22.3.